The third kappa shape index (κ3) is 3.13. The van der Waals surface area contributed by atoms with E-state index in [0.717, 1.165) is 30.6 Å². The van der Waals surface area contributed by atoms with Gasteiger partial charge in [-0.25, -0.2) is 4.79 Å². The number of ether oxygens (including phenoxy) is 1. The Hall–Kier alpha value is -2.30. The highest BCUT2D eigenvalue weighted by atomic mass is 16.5. The number of hydrogen-bond donors (Lipinski definition) is 2. The molecule has 2 aliphatic rings. The van der Waals surface area contributed by atoms with E-state index in [2.05, 4.69) is 11.4 Å². The van der Waals surface area contributed by atoms with Gasteiger partial charge in [0.15, 0.2) is 6.04 Å². The maximum absolute atomic E-state index is 12.1. The highest BCUT2D eigenvalue weighted by molar-refractivity contribution is 5.84. The molecule has 0 fully saturated rings. The van der Waals surface area contributed by atoms with Crippen LogP contribution in [0.4, 0.5) is 0 Å². The first-order chi connectivity index (χ1) is 10.6. The summed E-state index contributed by atoms with van der Waals surface area (Å²) >= 11 is 0. The number of amides is 1. The first kappa shape index (κ1) is 14.6. The van der Waals surface area contributed by atoms with E-state index < -0.39 is 12.0 Å². The second-order valence-corrected chi connectivity index (χ2v) is 5.77. The van der Waals surface area contributed by atoms with Crippen molar-refractivity contribution in [3.8, 4) is 5.75 Å². The van der Waals surface area contributed by atoms with E-state index in [1.807, 2.05) is 12.1 Å². The summed E-state index contributed by atoms with van der Waals surface area (Å²) in [6, 6.07) is 4.29. The minimum Gasteiger partial charge on any atom is -0.493 e. The van der Waals surface area contributed by atoms with E-state index in [1.54, 1.807) is 12.1 Å². The highest BCUT2D eigenvalue weighted by Gasteiger charge is 2.25. The minimum atomic E-state index is -1.05. The predicted molar refractivity (Wildman–Crippen MR) is 80.6 cm³/mol. The molecule has 1 aliphatic carbocycles. The molecule has 0 saturated heterocycles. The van der Waals surface area contributed by atoms with E-state index in [-0.39, 0.29) is 11.8 Å². The number of carboxylic acid groups (broad SMARTS) is 1. The van der Waals surface area contributed by atoms with Gasteiger partial charge in [0.05, 0.1) is 6.61 Å². The van der Waals surface area contributed by atoms with Crippen molar-refractivity contribution in [3.63, 3.8) is 0 Å². The van der Waals surface area contributed by atoms with Crippen molar-refractivity contribution in [2.45, 2.75) is 31.7 Å². The molecule has 0 bridgehead atoms. The largest absolute Gasteiger partial charge is 0.493 e. The molecule has 0 spiro atoms. The fraction of sp³-hybridized carbons (Fsp3) is 0.412. The molecule has 0 aromatic heterocycles. The molecule has 2 N–H and O–H groups in total. The third-order valence-corrected chi connectivity index (χ3v) is 4.16. The van der Waals surface area contributed by atoms with Gasteiger partial charge in [0, 0.05) is 12.8 Å². The van der Waals surface area contributed by atoms with Crippen molar-refractivity contribution >= 4 is 11.9 Å². The lowest BCUT2D eigenvalue weighted by Gasteiger charge is -2.17. The zero-order valence-corrected chi connectivity index (χ0v) is 12.2. The Kier molecular flexibility index (Phi) is 4.13. The maximum Gasteiger partial charge on any atom is 0.330 e. The third-order valence-electron chi connectivity index (χ3n) is 4.16. The van der Waals surface area contributed by atoms with Gasteiger partial charge in [-0.2, -0.15) is 0 Å². The number of benzene rings is 1. The predicted octanol–water partition coefficient (Wildman–Crippen LogP) is 2.22. The number of hydrogen-bond acceptors (Lipinski definition) is 3. The fourth-order valence-corrected chi connectivity index (χ4v) is 3.00. The zero-order chi connectivity index (χ0) is 15.5. The molecular formula is C17H19NO4. The summed E-state index contributed by atoms with van der Waals surface area (Å²) in [7, 11) is 0. The lowest BCUT2D eigenvalue weighted by molar-refractivity contribution is -0.142. The number of rotatable bonds is 5. The van der Waals surface area contributed by atoms with Gasteiger partial charge in [0.1, 0.15) is 5.75 Å². The van der Waals surface area contributed by atoms with Gasteiger partial charge in [0.2, 0.25) is 5.91 Å². The Morgan fingerprint density at radius 3 is 3.00 bits per heavy atom. The van der Waals surface area contributed by atoms with Crippen molar-refractivity contribution in [1.29, 1.82) is 0 Å². The molecular weight excluding hydrogens is 282 g/mol. The summed E-state index contributed by atoms with van der Waals surface area (Å²) in [6.45, 7) is 0.622. The van der Waals surface area contributed by atoms with E-state index in [0.29, 0.717) is 18.6 Å². The smallest absolute Gasteiger partial charge is 0.330 e. The van der Waals surface area contributed by atoms with E-state index in [4.69, 9.17) is 4.74 Å². The van der Waals surface area contributed by atoms with Crippen LogP contribution in [0.3, 0.4) is 0 Å². The van der Waals surface area contributed by atoms with Gasteiger partial charge in [0.25, 0.3) is 0 Å². The Bertz CT molecular complexity index is 623. The van der Waals surface area contributed by atoms with Gasteiger partial charge in [-0.3, -0.25) is 4.79 Å². The summed E-state index contributed by atoms with van der Waals surface area (Å²) in [5, 5.41) is 12.1. The molecule has 2 atom stereocenters. The van der Waals surface area contributed by atoms with Gasteiger partial charge in [-0.15, -0.1) is 0 Å². The van der Waals surface area contributed by atoms with Crippen molar-refractivity contribution < 1.29 is 19.4 Å². The van der Waals surface area contributed by atoms with Crippen LogP contribution in [-0.2, 0) is 16.0 Å². The van der Waals surface area contributed by atoms with E-state index >= 15 is 0 Å². The van der Waals surface area contributed by atoms with Crippen LogP contribution in [0.15, 0.2) is 30.4 Å². The molecule has 116 valence electrons. The van der Waals surface area contributed by atoms with Crippen LogP contribution >= 0.6 is 0 Å². The van der Waals surface area contributed by atoms with Crippen molar-refractivity contribution in [2.75, 3.05) is 6.61 Å². The lowest BCUT2D eigenvalue weighted by Crippen LogP contribution is -2.34. The molecule has 0 saturated carbocycles. The second-order valence-electron chi connectivity index (χ2n) is 5.77. The number of carboxylic acids is 1. The van der Waals surface area contributed by atoms with Crippen molar-refractivity contribution in [3.05, 3.63) is 41.5 Å². The minimum absolute atomic E-state index is 0.222. The zero-order valence-electron chi connectivity index (χ0n) is 12.2. The molecule has 22 heavy (non-hydrogen) atoms. The average molecular weight is 301 g/mol. The SMILES string of the molecule is O=C(CC1C=CCC1)NC(C(=O)O)c1ccc2c(c1)CCO2. The Labute approximate surface area is 129 Å². The molecule has 2 unspecified atom stereocenters. The van der Waals surface area contributed by atoms with Gasteiger partial charge < -0.3 is 15.2 Å². The van der Waals surface area contributed by atoms with Crippen LogP contribution in [0.1, 0.15) is 36.4 Å². The number of nitrogens with one attached hydrogen (secondary N) is 1. The molecule has 1 aliphatic heterocycles. The molecule has 1 aromatic rings. The number of carbonyl (C=O) groups is 2. The van der Waals surface area contributed by atoms with E-state index in [1.165, 1.54) is 0 Å². The standard InChI is InChI=1S/C17H19NO4/c19-15(9-11-3-1-2-4-11)18-16(17(20)21)13-5-6-14-12(10-13)7-8-22-14/h1,3,5-6,10-11,16H,2,4,7-9H2,(H,18,19)(H,20,21). The topological polar surface area (TPSA) is 75.6 Å². The maximum atomic E-state index is 12.1. The Balaban J connectivity index is 1.71. The second kappa shape index (κ2) is 6.22. The molecule has 5 nitrogen and oxygen atoms in total. The highest BCUT2D eigenvalue weighted by Crippen LogP contribution is 2.28. The van der Waals surface area contributed by atoms with Gasteiger partial charge in [-0.05, 0) is 42.0 Å². The lowest BCUT2D eigenvalue weighted by atomic mass is 10.0. The fourth-order valence-electron chi connectivity index (χ4n) is 3.00. The Morgan fingerprint density at radius 2 is 2.27 bits per heavy atom. The number of aliphatic carboxylic acids is 1. The Morgan fingerprint density at radius 1 is 1.41 bits per heavy atom. The first-order valence-electron chi connectivity index (χ1n) is 7.58. The van der Waals surface area contributed by atoms with Gasteiger partial charge >= 0.3 is 5.97 Å². The summed E-state index contributed by atoms with van der Waals surface area (Å²) in [5.74, 6) is -0.243. The number of fused-ring (bicyclic) bond motifs is 1. The first-order valence-corrected chi connectivity index (χ1v) is 7.58. The summed E-state index contributed by atoms with van der Waals surface area (Å²) in [4.78, 5) is 23.6. The van der Waals surface area contributed by atoms with Gasteiger partial charge in [-0.1, -0.05) is 18.2 Å². The van der Waals surface area contributed by atoms with Crippen LogP contribution in [0.25, 0.3) is 0 Å². The molecule has 5 heteroatoms. The van der Waals surface area contributed by atoms with Crippen LogP contribution < -0.4 is 10.1 Å². The molecule has 0 radical (unpaired) electrons. The average Bonchev–Trinajstić information content (AvgIpc) is 3.14. The normalized spacial score (nSPS) is 20.3. The molecule has 1 amide bonds. The van der Waals surface area contributed by atoms with Crippen LogP contribution in [0.5, 0.6) is 5.75 Å². The van der Waals surface area contributed by atoms with Crippen LogP contribution in [-0.4, -0.2) is 23.6 Å². The number of allylic oxidation sites excluding steroid dienone is 2. The summed E-state index contributed by atoms with van der Waals surface area (Å²) in [6.07, 6.45) is 7.16. The molecule has 1 heterocycles. The van der Waals surface area contributed by atoms with Crippen LogP contribution in [0.2, 0.25) is 0 Å². The summed E-state index contributed by atoms with van der Waals surface area (Å²) in [5.41, 5.74) is 1.59. The van der Waals surface area contributed by atoms with Crippen molar-refractivity contribution in [2.24, 2.45) is 5.92 Å². The summed E-state index contributed by atoms with van der Waals surface area (Å²) < 4.78 is 5.42. The van der Waals surface area contributed by atoms with E-state index in [9.17, 15) is 14.7 Å². The van der Waals surface area contributed by atoms with Crippen molar-refractivity contribution in [1.82, 2.24) is 5.32 Å². The molecule has 3 rings (SSSR count). The number of carbonyl (C=O) groups excluding carboxylic acids is 1. The molecule has 1 aromatic carbocycles. The van der Waals surface area contributed by atoms with Crippen LogP contribution in [0, 0.1) is 5.92 Å². The quantitative estimate of drug-likeness (QED) is 0.818. The monoisotopic (exact) mass is 301 g/mol.